The highest BCUT2D eigenvalue weighted by Gasteiger charge is 2.38. The van der Waals surface area contributed by atoms with Crippen LogP contribution in [0.5, 0.6) is 0 Å². The first kappa shape index (κ1) is 12.8. The predicted octanol–water partition coefficient (Wildman–Crippen LogP) is 2.07. The molecule has 1 saturated heterocycles. The summed E-state index contributed by atoms with van der Waals surface area (Å²) in [5, 5.41) is 14.2. The zero-order valence-electron chi connectivity index (χ0n) is 11.9. The third-order valence-electron chi connectivity index (χ3n) is 5.20. The minimum Gasteiger partial charge on any atom is -0.393 e. The molecular weight excluding hydrogens is 254 g/mol. The molecule has 2 saturated carbocycles. The zero-order chi connectivity index (χ0) is 13.5. The van der Waals surface area contributed by atoms with Crippen molar-refractivity contribution in [2.24, 2.45) is 5.92 Å². The van der Waals surface area contributed by atoms with E-state index in [1.54, 1.807) is 0 Å². The van der Waals surface area contributed by atoms with Crippen molar-refractivity contribution in [2.75, 3.05) is 6.54 Å². The van der Waals surface area contributed by atoms with E-state index in [0.717, 1.165) is 31.2 Å². The highest BCUT2D eigenvalue weighted by molar-refractivity contribution is 5.03. The second kappa shape index (κ2) is 5.11. The van der Waals surface area contributed by atoms with E-state index >= 15 is 0 Å². The summed E-state index contributed by atoms with van der Waals surface area (Å²) in [6.45, 7) is 1.85. The van der Waals surface area contributed by atoms with Gasteiger partial charge in [-0.3, -0.25) is 4.90 Å². The summed E-state index contributed by atoms with van der Waals surface area (Å²) in [4.78, 5) is 6.98. The third kappa shape index (κ3) is 2.37. The average Bonchev–Trinajstić information content (AvgIpc) is 2.85. The van der Waals surface area contributed by atoms with Crippen LogP contribution in [0.25, 0.3) is 0 Å². The molecule has 1 aliphatic heterocycles. The van der Waals surface area contributed by atoms with Gasteiger partial charge in [-0.1, -0.05) is 11.6 Å². The minimum absolute atomic E-state index is 0.106. The molecule has 1 N–H and O–H groups in total. The Balaban J connectivity index is 1.43. The van der Waals surface area contributed by atoms with Crippen LogP contribution in [0.2, 0.25) is 0 Å². The van der Waals surface area contributed by atoms with Gasteiger partial charge in [0.15, 0.2) is 5.82 Å². The van der Waals surface area contributed by atoms with Crippen molar-refractivity contribution in [1.82, 2.24) is 15.0 Å². The molecule has 5 heteroatoms. The molecule has 0 amide bonds. The second-order valence-electron chi connectivity index (χ2n) is 6.66. The molecule has 0 radical (unpaired) electrons. The van der Waals surface area contributed by atoms with Crippen LogP contribution in [-0.4, -0.2) is 38.8 Å². The van der Waals surface area contributed by atoms with E-state index in [1.807, 2.05) is 0 Å². The minimum atomic E-state index is -0.106. The molecule has 2 aliphatic carbocycles. The van der Waals surface area contributed by atoms with Crippen molar-refractivity contribution in [3.63, 3.8) is 0 Å². The topological polar surface area (TPSA) is 62.4 Å². The molecule has 1 aromatic rings. The van der Waals surface area contributed by atoms with Crippen LogP contribution in [0.4, 0.5) is 0 Å². The Labute approximate surface area is 119 Å². The van der Waals surface area contributed by atoms with Gasteiger partial charge in [-0.05, 0) is 45.1 Å². The zero-order valence-corrected chi connectivity index (χ0v) is 11.9. The maximum absolute atomic E-state index is 10.1. The summed E-state index contributed by atoms with van der Waals surface area (Å²) < 4.78 is 5.40. The van der Waals surface area contributed by atoms with Gasteiger partial charge >= 0.3 is 0 Å². The van der Waals surface area contributed by atoms with Gasteiger partial charge in [-0.2, -0.15) is 4.98 Å². The van der Waals surface area contributed by atoms with Crippen molar-refractivity contribution in [3.05, 3.63) is 11.7 Å². The molecule has 3 unspecified atom stereocenters. The SMILES string of the molecule is OC1CCCC1C1CCCN1Cc1nc(C2CC2)no1. The van der Waals surface area contributed by atoms with Crippen LogP contribution in [0.1, 0.15) is 62.6 Å². The number of nitrogens with zero attached hydrogens (tertiary/aromatic N) is 3. The van der Waals surface area contributed by atoms with Gasteiger partial charge in [0.25, 0.3) is 0 Å². The molecule has 0 aromatic carbocycles. The summed E-state index contributed by atoms with van der Waals surface area (Å²) in [6.07, 6.45) is 8.04. The first-order valence-corrected chi connectivity index (χ1v) is 8.06. The molecule has 5 nitrogen and oxygen atoms in total. The fourth-order valence-electron chi connectivity index (χ4n) is 3.96. The van der Waals surface area contributed by atoms with Crippen LogP contribution < -0.4 is 0 Å². The summed E-state index contributed by atoms with van der Waals surface area (Å²) in [6, 6.07) is 0.503. The number of rotatable bonds is 4. The maximum atomic E-state index is 10.1. The lowest BCUT2D eigenvalue weighted by molar-refractivity contribution is 0.0676. The number of hydrogen-bond acceptors (Lipinski definition) is 5. The van der Waals surface area contributed by atoms with Crippen molar-refractivity contribution < 1.29 is 9.63 Å². The Kier molecular flexibility index (Phi) is 3.27. The lowest BCUT2D eigenvalue weighted by atomic mass is 9.94. The summed E-state index contributed by atoms with van der Waals surface area (Å²) in [7, 11) is 0. The first-order valence-electron chi connectivity index (χ1n) is 8.06. The fourth-order valence-corrected chi connectivity index (χ4v) is 3.96. The van der Waals surface area contributed by atoms with Crippen molar-refractivity contribution in [3.8, 4) is 0 Å². The van der Waals surface area contributed by atoms with Gasteiger partial charge in [0.05, 0.1) is 12.6 Å². The van der Waals surface area contributed by atoms with E-state index in [0.29, 0.717) is 17.9 Å². The molecule has 4 rings (SSSR count). The van der Waals surface area contributed by atoms with Gasteiger partial charge in [0.2, 0.25) is 5.89 Å². The quantitative estimate of drug-likeness (QED) is 0.913. The van der Waals surface area contributed by atoms with Gasteiger partial charge in [-0.25, -0.2) is 0 Å². The van der Waals surface area contributed by atoms with Crippen molar-refractivity contribution in [1.29, 1.82) is 0 Å². The van der Waals surface area contributed by atoms with Crippen LogP contribution in [-0.2, 0) is 6.54 Å². The van der Waals surface area contributed by atoms with E-state index in [2.05, 4.69) is 15.0 Å². The Morgan fingerprint density at radius 2 is 2.05 bits per heavy atom. The molecule has 110 valence electrons. The smallest absolute Gasteiger partial charge is 0.240 e. The van der Waals surface area contributed by atoms with E-state index in [4.69, 9.17) is 4.52 Å². The molecular formula is C15H23N3O2. The molecule has 2 heterocycles. The molecule has 3 fully saturated rings. The Hall–Kier alpha value is -0.940. The number of hydrogen-bond donors (Lipinski definition) is 1. The fraction of sp³-hybridized carbons (Fsp3) is 0.867. The number of aliphatic hydroxyl groups excluding tert-OH is 1. The Morgan fingerprint density at radius 3 is 2.80 bits per heavy atom. The Bertz CT molecular complexity index is 471. The van der Waals surface area contributed by atoms with Gasteiger partial charge in [0.1, 0.15) is 0 Å². The molecule has 20 heavy (non-hydrogen) atoms. The third-order valence-corrected chi connectivity index (χ3v) is 5.20. The number of aliphatic hydroxyl groups is 1. The molecule has 0 bridgehead atoms. The van der Waals surface area contributed by atoms with Crippen LogP contribution in [0.15, 0.2) is 4.52 Å². The van der Waals surface area contributed by atoms with E-state index in [-0.39, 0.29) is 6.10 Å². The van der Waals surface area contributed by atoms with Crippen LogP contribution >= 0.6 is 0 Å². The van der Waals surface area contributed by atoms with E-state index < -0.39 is 0 Å². The highest BCUT2D eigenvalue weighted by Crippen LogP contribution is 2.39. The van der Waals surface area contributed by atoms with Crippen molar-refractivity contribution in [2.45, 2.75) is 69.6 Å². The number of aromatic nitrogens is 2. The highest BCUT2D eigenvalue weighted by atomic mass is 16.5. The second-order valence-corrected chi connectivity index (χ2v) is 6.66. The van der Waals surface area contributed by atoms with Crippen LogP contribution in [0, 0.1) is 5.92 Å². The first-order chi connectivity index (χ1) is 9.81. The molecule has 0 spiro atoms. The van der Waals surface area contributed by atoms with Gasteiger partial charge < -0.3 is 9.63 Å². The summed E-state index contributed by atoms with van der Waals surface area (Å²) in [5.41, 5.74) is 0. The average molecular weight is 277 g/mol. The van der Waals surface area contributed by atoms with Gasteiger partial charge in [-0.15, -0.1) is 0 Å². The molecule has 1 aromatic heterocycles. The summed E-state index contributed by atoms with van der Waals surface area (Å²) in [5.74, 6) is 2.66. The van der Waals surface area contributed by atoms with Crippen molar-refractivity contribution >= 4 is 0 Å². The number of likely N-dealkylation sites (tertiary alicyclic amines) is 1. The van der Waals surface area contributed by atoms with Crippen LogP contribution in [0.3, 0.4) is 0 Å². The lowest BCUT2D eigenvalue weighted by Gasteiger charge is -2.30. The lowest BCUT2D eigenvalue weighted by Crippen LogP contribution is -2.38. The molecule has 3 aliphatic rings. The monoisotopic (exact) mass is 277 g/mol. The molecule has 3 atom stereocenters. The maximum Gasteiger partial charge on any atom is 0.240 e. The Morgan fingerprint density at radius 1 is 1.15 bits per heavy atom. The van der Waals surface area contributed by atoms with E-state index in [1.165, 1.54) is 38.5 Å². The predicted molar refractivity (Wildman–Crippen MR) is 73.1 cm³/mol. The van der Waals surface area contributed by atoms with Gasteiger partial charge in [0, 0.05) is 17.9 Å². The van der Waals surface area contributed by atoms with E-state index in [9.17, 15) is 5.11 Å². The normalized spacial score (nSPS) is 35.0. The summed E-state index contributed by atoms with van der Waals surface area (Å²) >= 11 is 0. The largest absolute Gasteiger partial charge is 0.393 e. The standard InChI is InChI=1S/C15H23N3O2/c19-13-5-1-3-11(13)12-4-2-8-18(12)9-14-16-15(17-20-14)10-6-7-10/h10-13,19H,1-9H2.